The van der Waals surface area contributed by atoms with Gasteiger partial charge in [0.1, 0.15) is 12.3 Å². The van der Waals surface area contributed by atoms with E-state index in [1.807, 2.05) is 24.3 Å². The molecule has 0 saturated carbocycles. The van der Waals surface area contributed by atoms with E-state index >= 15 is 0 Å². The van der Waals surface area contributed by atoms with E-state index in [0.717, 1.165) is 11.3 Å². The maximum absolute atomic E-state index is 13.1. The summed E-state index contributed by atoms with van der Waals surface area (Å²) < 4.78 is 7.48. The monoisotopic (exact) mass is 505 g/mol. The van der Waals surface area contributed by atoms with Crippen LogP contribution < -0.4 is 15.5 Å². The number of ether oxygens (including phenoxy) is 1. The largest absolute Gasteiger partial charge is 0.497 e. The van der Waals surface area contributed by atoms with Gasteiger partial charge in [-0.05, 0) is 48.0 Å². The van der Waals surface area contributed by atoms with Crippen molar-refractivity contribution in [3.63, 3.8) is 0 Å². The number of rotatable bonds is 7. The number of pyridine rings is 2. The summed E-state index contributed by atoms with van der Waals surface area (Å²) >= 11 is 3.38. The highest BCUT2D eigenvalue weighted by molar-refractivity contribution is 9.10. The summed E-state index contributed by atoms with van der Waals surface area (Å²) in [7, 11) is 1.59. The minimum absolute atomic E-state index is 0.00486. The number of aromatic nitrogens is 2. The van der Waals surface area contributed by atoms with Crippen LogP contribution in [0.5, 0.6) is 5.75 Å². The predicted molar refractivity (Wildman–Crippen MR) is 128 cm³/mol. The Morgan fingerprint density at radius 3 is 2.48 bits per heavy atom. The first-order valence-electron chi connectivity index (χ1n) is 10.1. The molecule has 2 aromatic heterocycles. The van der Waals surface area contributed by atoms with E-state index in [9.17, 15) is 14.4 Å². The lowest BCUT2D eigenvalue weighted by molar-refractivity contribution is -0.121. The molecule has 0 bridgehead atoms. The Balaban J connectivity index is 1.64. The second-order valence-corrected chi connectivity index (χ2v) is 8.27. The number of benzene rings is 2. The van der Waals surface area contributed by atoms with E-state index in [0.29, 0.717) is 27.5 Å². The van der Waals surface area contributed by atoms with Crippen molar-refractivity contribution >= 4 is 38.5 Å². The average molecular weight is 506 g/mol. The van der Waals surface area contributed by atoms with Crippen LogP contribution in [0.25, 0.3) is 10.9 Å². The van der Waals surface area contributed by atoms with Crippen LogP contribution in [-0.4, -0.2) is 28.4 Å². The number of nitrogens with one attached hydrogen (secondary N) is 1. The highest BCUT2D eigenvalue weighted by Crippen LogP contribution is 2.19. The molecule has 0 spiro atoms. The summed E-state index contributed by atoms with van der Waals surface area (Å²) in [5.41, 5.74) is 1.45. The van der Waals surface area contributed by atoms with Crippen molar-refractivity contribution in [1.29, 1.82) is 0 Å². The molecule has 2 aromatic carbocycles. The quantitative estimate of drug-likeness (QED) is 0.386. The van der Waals surface area contributed by atoms with Crippen molar-refractivity contribution in [2.75, 3.05) is 7.11 Å². The van der Waals surface area contributed by atoms with Crippen molar-refractivity contribution in [1.82, 2.24) is 14.9 Å². The third-order valence-electron chi connectivity index (χ3n) is 5.19. The van der Waals surface area contributed by atoms with Gasteiger partial charge in [-0.15, -0.1) is 0 Å². The lowest BCUT2D eigenvalue weighted by Gasteiger charge is -2.14. The normalized spacial score (nSPS) is 10.7. The summed E-state index contributed by atoms with van der Waals surface area (Å²) in [5, 5.41) is 3.23. The standard InChI is InChI=1S/C25H20BrN3O4/c1-33-19-5-2-16(3-6-19)13-28-23(30)15-29-14-21(24(31)17-8-10-27-11-9-17)25(32)20-12-18(26)4-7-22(20)29/h2-12,14H,13,15H2,1H3,(H,28,30). The molecule has 4 rings (SSSR count). The summed E-state index contributed by atoms with van der Waals surface area (Å²) in [6.07, 6.45) is 4.44. The number of halogens is 1. The van der Waals surface area contributed by atoms with Crippen LogP contribution in [0, 0.1) is 0 Å². The molecule has 0 aliphatic rings. The van der Waals surface area contributed by atoms with Crippen LogP contribution in [0.1, 0.15) is 21.5 Å². The highest BCUT2D eigenvalue weighted by Gasteiger charge is 2.18. The molecular weight excluding hydrogens is 486 g/mol. The molecule has 0 unspecified atom stereocenters. The summed E-state index contributed by atoms with van der Waals surface area (Å²) in [4.78, 5) is 42.8. The van der Waals surface area contributed by atoms with Crippen LogP contribution in [0.4, 0.5) is 0 Å². The van der Waals surface area contributed by atoms with Gasteiger partial charge in [-0.3, -0.25) is 19.4 Å². The number of fused-ring (bicyclic) bond motifs is 1. The van der Waals surface area contributed by atoms with Crippen LogP contribution in [0.15, 0.2) is 82.5 Å². The minimum Gasteiger partial charge on any atom is -0.497 e. The van der Waals surface area contributed by atoms with E-state index < -0.39 is 5.78 Å². The molecule has 1 amide bonds. The second kappa shape index (κ2) is 9.79. The molecule has 0 fully saturated rings. The smallest absolute Gasteiger partial charge is 0.240 e. The third kappa shape index (κ3) is 5.01. The van der Waals surface area contributed by atoms with Crippen LogP contribution in [0.2, 0.25) is 0 Å². The Bertz CT molecular complexity index is 1380. The van der Waals surface area contributed by atoms with Crippen LogP contribution in [-0.2, 0) is 17.9 Å². The molecule has 1 N–H and O–H groups in total. The fraction of sp³-hybridized carbons (Fsp3) is 0.120. The molecular formula is C25H20BrN3O4. The van der Waals surface area contributed by atoms with Crippen LogP contribution in [0.3, 0.4) is 0 Å². The fourth-order valence-electron chi connectivity index (χ4n) is 3.48. The number of nitrogens with zero attached hydrogens (tertiary/aromatic N) is 2. The lowest BCUT2D eigenvalue weighted by atomic mass is 10.0. The Labute approximate surface area is 198 Å². The maximum Gasteiger partial charge on any atom is 0.240 e. The maximum atomic E-state index is 13.1. The van der Waals surface area contributed by atoms with Gasteiger partial charge in [0.15, 0.2) is 5.78 Å². The van der Waals surface area contributed by atoms with Crippen molar-refractivity contribution in [2.24, 2.45) is 0 Å². The molecule has 7 nitrogen and oxygen atoms in total. The SMILES string of the molecule is COc1ccc(CNC(=O)Cn2cc(C(=O)c3ccncc3)c(=O)c3cc(Br)ccc32)cc1. The van der Waals surface area contributed by atoms with E-state index in [1.54, 1.807) is 42.0 Å². The number of ketones is 1. The molecule has 0 aliphatic carbocycles. The Hall–Kier alpha value is -3.78. The van der Waals surface area contributed by atoms with E-state index in [1.165, 1.54) is 18.6 Å². The molecule has 2 heterocycles. The van der Waals surface area contributed by atoms with E-state index in [-0.39, 0.29) is 23.4 Å². The summed E-state index contributed by atoms with van der Waals surface area (Å²) in [6, 6.07) is 15.7. The highest BCUT2D eigenvalue weighted by atomic mass is 79.9. The zero-order valence-electron chi connectivity index (χ0n) is 17.7. The molecule has 0 aliphatic heterocycles. The van der Waals surface area contributed by atoms with Gasteiger partial charge in [-0.25, -0.2) is 0 Å². The molecule has 0 atom stereocenters. The van der Waals surface area contributed by atoms with Gasteiger partial charge < -0.3 is 14.6 Å². The third-order valence-corrected chi connectivity index (χ3v) is 5.69. The zero-order valence-corrected chi connectivity index (χ0v) is 19.3. The topological polar surface area (TPSA) is 90.3 Å². The molecule has 0 saturated heterocycles. The summed E-state index contributed by atoms with van der Waals surface area (Å²) in [6.45, 7) is 0.292. The number of hydrogen-bond acceptors (Lipinski definition) is 5. The Morgan fingerprint density at radius 2 is 1.79 bits per heavy atom. The molecule has 166 valence electrons. The lowest BCUT2D eigenvalue weighted by Crippen LogP contribution is -2.29. The van der Waals surface area contributed by atoms with Gasteiger partial charge in [0, 0.05) is 40.6 Å². The first-order valence-corrected chi connectivity index (χ1v) is 10.9. The van der Waals surface area contributed by atoms with Crippen LogP contribution >= 0.6 is 15.9 Å². The van der Waals surface area contributed by atoms with Gasteiger partial charge in [0.2, 0.25) is 11.3 Å². The predicted octanol–water partition coefficient (Wildman–Crippen LogP) is 3.72. The molecule has 8 heteroatoms. The molecule has 0 radical (unpaired) electrons. The number of hydrogen-bond donors (Lipinski definition) is 1. The molecule has 33 heavy (non-hydrogen) atoms. The first kappa shape index (κ1) is 22.4. The van der Waals surface area contributed by atoms with Crippen molar-refractivity contribution in [3.8, 4) is 5.75 Å². The average Bonchev–Trinajstić information content (AvgIpc) is 2.85. The van der Waals surface area contributed by atoms with Crippen molar-refractivity contribution < 1.29 is 14.3 Å². The second-order valence-electron chi connectivity index (χ2n) is 7.35. The van der Waals surface area contributed by atoms with E-state index in [2.05, 4.69) is 26.2 Å². The summed E-state index contributed by atoms with van der Waals surface area (Å²) in [5.74, 6) is 0.0695. The number of amides is 1. The van der Waals surface area contributed by atoms with E-state index in [4.69, 9.17) is 4.74 Å². The van der Waals surface area contributed by atoms with Gasteiger partial charge in [-0.2, -0.15) is 0 Å². The van der Waals surface area contributed by atoms with Gasteiger partial charge in [-0.1, -0.05) is 28.1 Å². The number of carbonyl (C=O) groups is 2. The zero-order chi connectivity index (χ0) is 23.4. The van der Waals surface area contributed by atoms with Crippen molar-refractivity contribution in [2.45, 2.75) is 13.1 Å². The van der Waals surface area contributed by atoms with Gasteiger partial charge in [0.25, 0.3) is 0 Å². The van der Waals surface area contributed by atoms with Gasteiger partial charge in [0.05, 0.1) is 18.2 Å². The first-order chi connectivity index (χ1) is 16.0. The molecule has 4 aromatic rings. The number of carbonyl (C=O) groups excluding carboxylic acids is 2. The fourth-order valence-corrected chi connectivity index (χ4v) is 3.84. The minimum atomic E-state index is -0.420. The Kier molecular flexibility index (Phi) is 6.65. The number of methoxy groups -OCH3 is 1. The van der Waals surface area contributed by atoms with Crippen molar-refractivity contribution in [3.05, 3.63) is 105 Å². The Morgan fingerprint density at radius 1 is 1.06 bits per heavy atom. The van der Waals surface area contributed by atoms with Gasteiger partial charge >= 0.3 is 0 Å².